The standard InChI is InChI=1S/C23H24FN3O3/c1-26(23(30)25-13-15-5-3-2-4-6-15)17-8-10-21-19(12-17)18-11-16(24)7-9-20(18)27(21)14-22(28)29/h2-7,9,11,17H,8,10,12-14H2,1H3,(H,25,30)(H,28,29). The number of carboxylic acids is 1. The highest BCUT2D eigenvalue weighted by molar-refractivity contribution is 5.87. The Hall–Kier alpha value is -3.35. The summed E-state index contributed by atoms with van der Waals surface area (Å²) in [4.78, 5) is 25.7. The molecule has 0 saturated carbocycles. The Morgan fingerprint density at radius 2 is 2.00 bits per heavy atom. The highest BCUT2D eigenvalue weighted by atomic mass is 19.1. The Kier molecular flexibility index (Phi) is 5.44. The van der Waals surface area contributed by atoms with Gasteiger partial charge in [0.25, 0.3) is 0 Å². The number of halogens is 1. The Morgan fingerprint density at radius 3 is 2.73 bits per heavy atom. The number of urea groups is 1. The number of fused-ring (bicyclic) bond motifs is 3. The van der Waals surface area contributed by atoms with Crippen molar-refractivity contribution in [1.29, 1.82) is 0 Å². The summed E-state index contributed by atoms with van der Waals surface area (Å²) < 4.78 is 15.7. The van der Waals surface area contributed by atoms with Gasteiger partial charge in [0.1, 0.15) is 12.4 Å². The van der Waals surface area contributed by atoms with Crippen molar-refractivity contribution in [3.05, 3.63) is 71.2 Å². The molecule has 1 aliphatic rings. The summed E-state index contributed by atoms with van der Waals surface area (Å²) in [6.45, 7) is 0.292. The van der Waals surface area contributed by atoms with Gasteiger partial charge in [0.2, 0.25) is 0 Å². The number of nitrogens with zero attached hydrogens (tertiary/aromatic N) is 2. The highest BCUT2D eigenvalue weighted by Gasteiger charge is 2.30. The van der Waals surface area contributed by atoms with Gasteiger partial charge in [-0.1, -0.05) is 30.3 Å². The van der Waals surface area contributed by atoms with E-state index in [0.717, 1.165) is 34.1 Å². The van der Waals surface area contributed by atoms with Crippen LogP contribution < -0.4 is 5.32 Å². The fraction of sp³-hybridized carbons (Fsp3) is 0.304. The average Bonchev–Trinajstić information content (AvgIpc) is 3.04. The third-order valence-corrected chi connectivity index (χ3v) is 5.85. The zero-order chi connectivity index (χ0) is 21.3. The minimum Gasteiger partial charge on any atom is -0.480 e. The maximum Gasteiger partial charge on any atom is 0.323 e. The normalized spacial score (nSPS) is 15.6. The molecule has 0 spiro atoms. The molecule has 0 saturated heterocycles. The molecule has 3 aromatic rings. The molecule has 6 nitrogen and oxygen atoms in total. The van der Waals surface area contributed by atoms with Gasteiger partial charge >= 0.3 is 12.0 Å². The van der Waals surface area contributed by atoms with Crippen LogP contribution in [0, 0.1) is 5.82 Å². The Labute approximate surface area is 173 Å². The number of aromatic nitrogens is 1. The lowest BCUT2D eigenvalue weighted by molar-refractivity contribution is -0.137. The summed E-state index contributed by atoms with van der Waals surface area (Å²) >= 11 is 0. The van der Waals surface area contributed by atoms with Gasteiger partial charge in [-0.2, -0.15) is 0 Å². The lowest BCUT2D eigenvalue weighted by Crippen LogP contribution is -2.45. The molecule has 0 fully saturated rings. The van der Waals surface area contributed by atoms with Crippen LogP contribution in [0.2, 0.25) is 0 Å². The third-order valence-electron chi connectivity index (χ3n) is 5.85. The van der Waals surface area contributed by atoms with Crippen LogP contribution in [0.3, 0.4) is 0 Å². The lowest BCUT2D eigenvalue weighted by atomic mass is 9.90. The Morgan fingerprint density at radius 1 is 1.23 bits per heavy atom. The highest BCUT2D eigenvalue weighted by Crippen LogP contribution is 2.34. The van der Waals surface area contributed by atoms with E-state index >= 15 is 0 Å². The predicted molar refractivity (Wildman–Crippen MR) is 112 cm³/mol. The van der Waals surface area contributed by atoms with Crippen LogP contribution in [0.5, 0.6) is 0 Å². The van der Waals surface area contributed by atoms with Gasteiger partial charge in [0.05, 0.1) is 0 Å². The van der Waals surface area contributed by atoms with Gasteiger partial charge in [0, 0.05) is 36.2 Å². The molecule has 0 aliphatic heterocycles. The van der Waals surface area contributed by atoms with Gasteiger partial charge < -0.3 is 19.9 Å². The number of carbonyl (C=O) groups is 2. The molecule has 30 heavy (non-hydrogen) atoms. The van der Waals surface area contributed by atoms with Gasteiger partial charge in [-0.05, 0) is 48.6 Å². The van der Waals surface area contributed by atoms with Crippen molar-refractivity contribution in [2.24, 2.45) is 0 Å². The number of nitrogens with one attached hydrogen (secondary N) is 1. The molecule has 1 heterocycles. The van der Waals surface area contributed by atoms with Gasteiger partial charge in [-0.25, -0.2) is 9.18 Å². The topological polar surface area (TPSA) is 74.6 Å². The summed E-state index contributed by atoms with van der Waals surface area (Å²) in [7, 11) is 1.77. The van der Waals surface area contributed by atoms with Crippen molar-refractivity contribution >= 4 is 22.9 Å². The number of amides is 2. The van der Waals surface area contributed by atoms with Crippen molar-refractivity contribution in [2.75, 3.05) is 7.05 Å². The molecule has 1 aromatic heterocycles. The van der Waals surface area contributed by atoms with Gasteiger partial charge in [-0.3, -0.25) is 4.79 Å². The number of carboxylic acid groups (broad SMARTS) is 1. The number of rotatable bonds is 5. The van der Waals surface area contributed by atoms with E-state index in [2.05, 4.69) is 5.32 Å². The van der Waals surface area contributed by atoms with E-state index in [1.807, 2.05) is 30.3 Å². The molecule has 2 aromatic carbocycles. The van der Waals surface area contributed by atoms with Crippen LogP contribution in [-0.2, 0) is 30.7 Å². The smallest absolute Gasteiger partial charge is 0.323 e. The summed E-state index contributed by atoms with van der Waals surface area (Å²) in [5.74, 6) is -1.28. The molecule has 1 unspecified atom stereocenters. The molecule has 0 radical (unpaired) electrons. The van der Waals surface area contributed by atoms with Crippen molar-refractivity contribution < 1.29 is 19.1 Å². The average molecular weight is 409 g/mol. The molecule has 1 aliphatic carbocycles. The molecule has 0 bridgehead atoms. The number of aliphatic carboxylic acids is 1. The van der Waals surface area contributed by atoms with Crippen LogP contribution in [0.15, 0.2) is 48.5 Å². The number of likely N-dealkylation sites (N-methyl/N-ethyl adjacent to an activating group) is 1. The Balaban J connectivity index is 1.55. The van der Waals surface area contributed by atoms with Crippen LogP contribution in [-0.4, -0.2) is 39.7 Å². The minimum atomic E-state index is -0.932. The molecular formula is C23H24FN3O3. The van der Waals surface area contributed by atoms with Crippen LogP contribution in [0.25, 0.3) is 10.9 Å². The summed E-state index contributed by atoms with van der Waals surface area (Å²) in [6.07, 6.45) is 1.93. The minimum absolute atomic E-state index is 0.0413. The third kappa shape index (κ3) is 3.87. The van der Waals surface area contributed by atoms with Crippen molar-refractivity contribution in [1.82, 2.24) is 14.8 Å². The van der Waals surface area contributed by atoms with Gasteiger partial charge in [-0.15, -0.1) is 0 Å². The second-order valence-corrected chi connectivity index (χ2v) is 7.72. The van der Waals surface area contributed by atoms with E-state index in [1.165, 1.54) is 12.1 Å². The fourth-order valence-corrected chi connectivity index (χ4v) is 4.31. The second kappa shape index (κ2) is 8.18. The summed E-state index contributed by atoms with van der Waals surface area (Å²) in [6, 6.07) is 14.0. The summed E-state index contributed by atoms with van der Waals surface area (Å²) in [5.41, 5.74) is 3.61. The maximum absolute atomic E-state index is 13.9. The SMILES string of the molecule is CN(C(=O)NCc1ccccc1)C1CCc2c(c3cc(F)ccc3n2CC(=O)O)C1. The van der Waals surface area contributed by atoms with Crippen molar-refractivity contribution in [2.45, 2.75) is 38.4 Å². The second-order valence-electron chi connectivity index (χ2n) is 7.72. The first-order chi connectivity index (χ1) is 14.4. The predicted octanol–water partition coefficient (Wildman–Crippen LogP) is 3.56. The first-order valence-corrected chi connectivity index (χ1v) is 10.00. The molecule has 4 rings (SSSR count). The monoisotopic (exact) mass is 409 g/mol. The van der Waals surface area contributed by atoms with Crippen LogP contribution in [0.1, 0.15) is 23.2 Å². The summed E-state index contributed by atoms with van der Waals surface area (Å²) in [5, 5.41) is 13.0. The number of benzene rings is 2. The lowest BCUT2D eigenvalue weighted by Gasteiger charge is -2.32. The van der Waals surface area contributed by atoms with E-state index < -0.39 is 5.97 Å². The van der Waals surface area contributed by atoms with Crippen molar-refractivity contribution in [3.8, 4) is 0 Å². The number of hydrogen-bond acceptors (Lipinski definition) is 2. The zero-order valence-corrected chi connectivity index (χ0v) is 16.8. The molecule has 2 amide bonds. The van der Waals surface area contributed by atoms with E-state index in [4.69, 9.17) is 0 Å². The van der Waals surface area contributed by atoms with E-state index in [-0.39, 0.29) is 24.4 Å². The molecule has 2 N–H and O–H groups in total. The molecular weight excluding hydrogens is 385 g/mol. The Bertz CT molecular complexity index is 1090. The molecule has 156 valence electrons. The van der Waals surface area contributed by atoms with E-state index in [0.29, 0.717) is 19.4 Å². The fourth-order valence-electron chi connectivity index (χ4n) is 4.31. The van der Waals surface area contributed by atoms with Crippen molar-refractivity contribution in [3.63, 3.8) is 0 Å². The van der Waals surface area contributed by atoms with Gasteiger partial charge in [0.15, 0.2) is 0 Å². The van der Waals surface area contributed by atoms with E-state index in [1.54, 1.807) is 22.6 Å². The maximum atomic E-state index is 13.9. The van der Waals surface area contributed by atoms with Crippen LogP contribution >= 0.6 is 0 Å². The first kappa shape index (κ1) is 19.9. The number of carbonyl (C=O) groups excluding carboxylic acids is 1. The number of hydrogen-bond donors (Lipinski definition) is 2. The molecule has 7 heteroatoms. The first-order valence-electron chi connectivity index (χ1n) is 10.00. The van der Waals surface area contributed by atoms with E-state index in [9.17, 15) is 19.1 Å². The zero-order valence-electron chi connectivity index (χ0n) is 16.8. The molecule has 1 atom stereocenters. The van der Waals surface area contributed by atoms with Crippen LogP contribution in [0.4, 0.5) is 9.18 Å². The largest absolute Gasteiger partial charge is 0.480 e. The quantitative estimate of drug-likeness (QED) is 0.677.